The van der Waals surface area contributed by atoms with Crippen LogP contribution in [0.5, 0.6) is 0 Å². The first-order valence-corrected chi connectivity index (χ1v) is 7.98. The smallest absolute Gasteiger partial charge is 0.222 e. The largest absolute Gasteiger partial charge is 0.350 e. The highest BCUT2D eigenvalue weighted by Crippen LogP contribution is 2.19. The number of nitrogens with one attached hydrogen (secondary N) is 1. The third-order valence-corrected chi connectivity index (χ3v) is 3.84. The highest BCUT2D eigenvalue weighted by molar-refractivity contribution is 7.98. The molecule has 0 bridgehead atoms. The average Bonchev–Trinajstić information content (AvgIpc) is 2.38. The highest BCUT2D eigenvalue weighted by Gasteiger charge is 2.12. The topological polar surface area (TPSA) is 55.1 Å². The van der Waals surface area contributed by atoms with Gasteiger partial charge >= 0.3 is 0 Å². The van der Waals surface area contributed by atoms with Crippen LogP contribution in [0.3, 0.4) is 0 Å². The van der Waals surface area contributed by atoms with Crippen molar-refractivity contribution < 1.29 is 4.79 Å². The number of thioether (sulfide) groups is 1. The standard InChI is InChI=1S/C15H24N2OS/c1-4-5-13(16)10-15(18)17-11(2)12-6-8-14(19-3)9-7-12/h6-9,11,13H,4-5,10,16H2,1-3H3,(H,17,18). The van der Waals surface area contributed by atoms with Gasteiger partial charge in [-0.05, 0) is 37.3 Å². The molecule has 0 aromatic heterocycles. The number of rotatable bonds is 7. The Balaban J connectivity index is 2.48. The molecule has 0 aliphatic heterocycles. The summed E-state index contributed by atoms with van der Waals surface area (Å²) in [7, 11) is 0. The van der Waals surface area contributed by atoms with E-state index in [1.165, 1.54) is 4.90 Å². The Labute approximate surface area is 120 Å². The summed E-state index contributed by atoms with van der Waals surface area (Å²) >= 11 is 1.71. The maximum absolute atomic E-state index is 11.8. The summed E-state index contributed by atoms with van der Waals surface area (Å²) in [4.78, 5) is 13.1. The second-order valence-electron chi connectivity index (χ2n) is 4.82. The van der Waals surface area contributed by atoms with E-state index in [0.717, 1.165) is 18.4 Å². The minimum Gasteiger partial charge on any atom is -0.350 e. The van der Waals surface area contributed by atoms with E-state index < -0.39 is 0 Å². The van der Waals surface area contributed by atoms with Crippen molar-refractivity contribution in [2.24, 2.45) is 5.73 Å². The van der Waals surface area contributed by atoms with Crippen molar-refractivity contribution in [2.75, 3.05) is 6.26 Å². The van der Waals surface area contributed by atoms with Crippen LogP contribution >= 0.6 is 11.8 Å². The molecule has 1 aromatic carbocycles. The van der Waals surface area contributed by atoms with E-state index >= 15 is 0 Å². The lowest BCUT2D eigenvalue weighted by Crippen LogP contribution is -2.33. The molecule has 106 valence electrons. The fourth-order valence-corrected chi connectivity index (χ4v) is 2.40. The van der Waals surface area contributed by atoms with E-state index in [-0.39, 0.29) is 18.0 Å². The van der Waals surface area contributed by atoms with Crippen LogP contribution < -0.4 is 11.1 Å². The first-order chi connectivity index (χ1) is 9.06. The number of hydrogen-bond donors (Lipinski definition) is 2. The Bertz CT molecular complexity index is 392. The van der Waals surface area contributed by atoms with Crippen LogP contribution in [0.4, 0.5) is 0 Å². The first-order valence-electron chi connectivity index (χ1n) is 6.75. The van der Waals surface area contributed by atoms with Gasteiger partial charge in [0.05, 0.1) is 6.04 Å². The van der Waals surface area contributed by atoms with Crippen LogP contribution in [0.2, 0.25) is 0 Å². The molecule has 1 aromatic rings. The van der Waals surface area contributed by atoms with Crippen molar-refractivity contribution in [1.82, 2.24) is 5.32 Å². The van der Waals surface area contributed by atoms with E-state index in [1.807, 2.05) is 6.92 Å². The Morgan fingerprint density at radius 2 is 2.00 bits per heavy atom. The van der Waals surface area contributed by atoms with Crippen LogP contribution in [0, 0.1) is 0 Å². The van der Waals surface area contributed by atoms with Crippen LogP contribution in [0.1, 0.15) is 44.7 Å². The number of nitrogens with two attached hydrogens (primary N) is 1. The van der Waals surface area contributed by atoms with Crippen LogP contribution in [-0.2, 0) is 4.79 Å². The predicted molar refractivity (Wildman–Crippen MR) is 82.3 cm³/mol. The number of benzene rings is 1. The number of carbonyl (C=O) groups is 1. The minimum absolute atomic E-state index is 0.0252. The summed E-state index contributed by atoms with van der Waals surface area (Å²) in [5.74, 6) is 0.0300. The molecular weight excluding hydrogens is 256 g/mol. The van der Waals surface area contributed by atoms with Crippen molar-refractivity contribution in [1.29, 1.82) is 0 Å². The number of hydrogen-bond acceptors (Lipinski definition) is 3. The summed E-state index contributed by atoms with van der Waals surface area (Å²) in [6.07, 6.45) is 4.36. The van der Waals surface area contributed by atoms with Crippen molar-refractivity contribution in [3.63, 3.8) is 0 Å². The molecule has 1 rings (SSSR count). The van der Waals surface area contributed by atoms with Gasteiger partial charge in [-0.3, -0.25) is 4.79 Å². The van der Waals surface area contributed by atoms with E-state index in [1.54, 1.807) is 11.8 Å². The zero-order valence-electron chi connectivity index (χ0n) is 12.0. The molecule has 3 N–H and O–H groups in total. The molecule has 0 radical (unpaired) electrons. The summed E-state index contributed by atoms with van der Waals surface area (Å²) in [5.41, 5.74) is 6.99. The molecule has 0 aliphatic carbocycles. The van der Waals surface area contributed by atoms with E-state index in [9.17, 15) is 4.79 Å². The number of carbonyl (C=O) groups excluding carboxylic acids is 1. The lowest BCUT2D eigenvalue weighted by molar-refractivity contribution is -0.122. The van der Waals surface area contributed by atoms with Crippen LogP contribution in [-0.4, -0.2) is 18.2 Å². The maximum Gasteiger partial charge on any atom is 0.222 e. The van der Waals surface area contributed by atoms with Gasteiger partial charge < -0.3 is 11.1 Å². The lowest BCUT2D eigenvalue weighted by Gasteiger charge is -2.16. The summed E-state index contributed by atoms with van der Waals surface area (Å²) in [5, 5.41) is 3.00. The van der Waals surface area contributed by atoms with E-state index in [2.05, 4.69) is 42.8 Å². The Hall–Kier alpha value is -1.00. The van der Waals surface area contributed by atoms with Gasteiger partial charge in [-0.2, -0.15) is 0 Å². The molecule has 0 fully saturated rings. The molecule has 2 atom stereocenters. The lowest BCUT2D eigenvalue weighted by atomic mass is 10.1. The molecule has 0 saturated heterocycles. The number of amides is 1. The van der Waals surface area contributed by atoms with Gasteiger partial charge in [0, 0.05) is 17.4 Å². The third-order valence-electron chi connectivity index (χ3n) is 3.10. The van der Waals surface area contributed by atoms with Crippen molar-refractivity contribution in [2.45, 2.75) is 50.1 Å². The van der Waals surface area contributed by atoms with Gasteiger partial charge in [0.15, 0.2) is 0 Å². The van der Waals surface area contributed by atoms with Crippen molar-refractivity contribution >= 4 is 17.7 Å². The highest BCUT2D eigenvalue weighted by atomic mass is 32.2. The summed E-state index contributed by atoms with van der Waals surface area (Å²) in [6.45, 7) is 4.07. The second kappa shape index (κ2) is 8.23. The monoisotopic (exact) mass is 280 g/mol. The fraction of sp³-hybridized carbons (Fsp3) is 0.533. The summed E-state index contributed by atoms with van der Waals surface area (Å²) < 4.78 is 0. The quantitative estimate of drug-likeness (QED) is 0.755. The molecule has 19 heavy (non-hydrogen) atoms. The molecular formula is C15H24N2OS. The van der Waals surface area contributed by atoms with Gasteiger partial charge in [-0.15, -0.1) is 11.8 Å². The van der Waals surface area contributed by atoms with Crippen LogP contribution in [0.15, 0.2) is 29.2 Å². The molecule has 2 unspecified atom stereocenters. The first kappa shape index (κ1) is 16.1. The van der Waals surface area contributed by atoms with Crippen molar-refractivity contribution in [3.05, 3.63) is 29.8 Å². The van der Waals surface area contributed by atoms with Gasteiger partial charge in [0.2, 0.25) is 5.91 Å². The predicted octanol–water partition coefficient (Wildman–Crippen LogP) is 3.10. The van der Waals surface area contributed by atoms with Gasteiger partial charge in [-0.25, -0.2) is 0 Å². The van der Waals surface area contributed by atoms with Gasteiger partial charge in [-0.1, -0.05) is 25.5 Å². The van der Waals surface area contributed by atoms with Gasteiger partial charge in [0.25, 0.3) is 0 Å². The van der Waals surface area contributed by atoms with Crippen molar-refractivity contribution in [3.8, 4) is 0 Å². The molecule has 0 spiro atoms. The van der Waals surface area contributed by atoms with Gasteiger partial charge in [0.1, 0.15) is 0 Å². The molecule has 0 heterocycles. The Morgan fingerprint density at radius 3 is 2.53 bits per heavy atom. The zero-order chi connectivity index (χ0) is 14.3. The maximum atomic E-state index is 11.8. The fourth-order valence-electron chi connectivity index (χ4n) is 1.99. The zero-order valence-corrected chi connectivity index (χ0v) is 12.8. The van der Waals surface area contributed by atoms with E-state index in [4.69, 9.17) is 5.73 Å². The second-order valence-corrected chi connectivity index (χ2v) is 5.69. The molecule has 3 nitrogen and oxygen atoms in total. The van der Waals surface area contributed by atoms with E-state index in [0.29, 0.717) is 6.42 Å². The Kier molecular flexibility index (Phi) is 6.95. The third kappa shape index (κ3) is 5.66. The normalized spacial score (nSPS) is 13.9. The average molecular weight is 280 g/mol. The summed E-state index contributed by atoms with van der Waals surface area (Å²) in [6, 6.07) is 8.26. The Morgan fingerprint density at radius 1 is 1.37 bits per heavy atom. The van der Waals surface area contributed by atoms with Crippen LogP contribution in [0.25, 0.3) is 0 Å². The minimum atomic E-state index is -0.0314. The molecule has 0 saturated carbocycles. The molecule has 1 amide bonds. The molecule has 0 aliphatic rings. The molecule has 4 heteroatoms. The SMILES string of the molecule is CCCC(N)CC(=O)NC(C)c1ccc(SC)cc1.